The average molecular weight is 396 g/mol. The molecule has 0 aliphatic heterocycles. The number of unbranched alkanes of at least 4 members (excludes halogenated alkanes) is 1. The molecule has 0 unspecified atom stereocenters. The van der Waals surface area contributed by atoms with E-state index < -0.39 is 6.10 Å². The van der Waals surface area contributed by atoms with E-state index in [4.69, 9.17) is 17.0 Å². The van der Waals surface area contributed by atoms with Gasteiger partial charge < -0.3 is 15.2 Å². The van der Waals surface area contributed by atoms with Gasteiger partial charge in [0.15, 0.2) is 5.11 Å². The molecule has 1 aromatic rings. The number of anilines is 1. The van der Waals surface area contributed by atoms with Crippen molar-refractivity contribution in [3.05, 3.63) is 30.3 Å². The van der Waals surface area contributed by atoms with E-state index in [1.54, 1.807) is 0 Å². The summed E-state index contributed by atoms with van der Waals surface area (Å²) in [6, 6.07) is 9.47. The highest BCUT2D eigenvalue weighted by Gasteiger charge is 2.22. The molecular formula is C20H33N3O3S. The predicted molar refractivity (Wildman–Crippen MR) is 113 cm³/mol. The third-order valence-corrected chi connectivity index (χ3v) is 4.13. The Hall–Kier alpha value is -1.70. The zero-order chi connectivity index (χ0) is 20.1. The van der Waals surface area contributed by atoms with Crippen molar-refractivity contribution in [2.75, 3.05) is 18.5 Å². The number of rotatable bonds is 11. The summed E-state index contributed by atoms with van der Waals surface area (Å²) < 4.78 is 5.48. The molecule has 0 saturated carbocycles. The van der Waals surface area contributed by atoms with Gasteiger partial charge in [0.2, 0.25) is 5.91 Å². The molecule has 4 N–H and O–H groups in total. The summed E-state index contributed by atoms with van der Waals surface area (Å²) in [5.41, 5.74) is 6.21. The number of aliphatic hydroxyl groups excluding tert-OH is 1. The lowest BCUT2D eigenvalue weighted by Gasteiger charge is -2.21. The van der Waals surface area contributed by atoms with Crippen LogP contribution in [0.5, 0.6) is 0 Å². The Morgan fingerprint density at radius 1 is 1.19 bits per heavy atom. The van der Waals surface area contributed by atoms with Gasteiger partial charge in [0.1, 0.15) is 0 Å². The Morgan fingerprint density at radius 2 is 1.89 bits per heavy atom. The number of benzene rings is 1. The van der Waals surface area contributed by atoms with Crippen LogP contribution in [-0.2, 0) is 9.53 Å². The van der Waals surface area contributed by atoms with Gasteiger partial charge in [0.25, 0.3) is 0 Å². The van der Waals surface area contributed by atoms with E-state index in [9.17, 15) is 9.90 Å². The molecule has 0 spiro atoms. The molecule has 0 heterocycles. The first-order valence-electron chi connectivity index (χ1n) is 9.60. The van der Waals surface area contributed by atoms with E-state index in [0.29, 0.717) is 30.5 Å². The molecule has 6 nitrogen and oxygen atoms in total. The number of hydrazine groups is 1. The lowest BCUT2D eigenvalue weighted by atomic mass is 9.95. The second-order valence-corrected chi connectivity index (χ2v) is 7.50. The molecule has 1 amide bonds. The normalized spacial score (nSPS) is 13.1. The molecular weight excluding hydrogens is 362 g/mol. The number of ether oxygens (including phenoxy) is 1. The van der Waals surface area contributed by atoms with Gasteiger partial charge in [0.05, 0.1) is 12.7 Å². The number of hydrogen-bond acceptors (Lipinski definition) is 4. The second kappa shape index (κ2) is 13.5. The Morgan fingerprint density at radius 3 is 2.52 bits per heavy atom. The van der Waals surface area contributed by atoms with E-state index in [1.807, 2.05) is 30.3 Å². The Bertz CT molecular complexity index is 555. The molecule has 1 rings (SSSR count). The molecule has 7 heteroatoms. The van der Waals surface area contributed by atoms with Gasteiger partial charge in [-0.1, -0.05) is 51.8 Å². The first kappa shape index (κ1) is 23.3. The maximum Gasteiger partial charge on any atom is 0.241 e. The number of carbonyl (C=O) groups is 1. The second-order valence-electron chi connectivity index (χ2n) is 7.09. The number of para-hydroxylation sites is 1. The van der Waals surface area contributed by atoms with Crippen LogP contribution in [0.15, 0.2) is 30.3 Å². The highest BCUT2D eigenvalue weighted by atomic mass is 32.1. The number of amides is 1. The van der Waals surface area contributed by atoms with Crippen molar-refractivity contribution in [2.45, 2.75) is 52.6 Å². The molecule has 0 aliphatic rings. The Labute approximate surface area is 168 Å². The summed E-state index contributed by atoms with van der Waals surface area (Å²) in [6.45, 7) is 7.04. The third-order valence-electron chi connectivity index (χ3n) is 3.93. The van der Waals surface area contributed by atoms with Gasteiger partial charge in [-0.25, -0.2) is 0 Å². The van der Waals surface area contributed by atoms with Crippen LogP contribution in [0.25, 0.3) is 0 Å². The zero-order valence-corrected chi connectivity index (χ0v) is 17.3. The smallest absolute Gasteiger partial charge is 0.241 e. The van der Waals surface area contributed by atoms with E-state index in [0.717, 1.165) is 18.5 Å². The van der Waals surface area contributed by atoms with Crippen LogP contribution >= 0.6 is 12.2 Å². The molecule has 0 saturated heterocycles. The van der Waals surface area contributed by atoms with Crippen molar-refractivity contribution in [2.24, 2.45) is 11.8 Å². The highest BCUT2D eigenvalue weighted by molar-refractivity contribution is 7.80. The number of hydrogen-bond donors (Lipinski definition) is 4. The summed E-state index contributed by atoms with van der Waals surface area (Å²) in [6.07, 6.45) is 2.33. The zero-order valence-electron chi connectivity index (χ0n) is 16.5. The third kappa shape index (κ3) is 10.9. The van der Waals surface area contributed by atoms with Gasteiger partial charge >= 0.3 is 0 Å². The standard InChI is InChI=1S/C20H33N3O3S/c1-4-5-9-16(12-18(24)14-26-13-15(2)3)19(25)22-23-20(27)21-17-10-7-6-8-11-17/h6-8,10-11,15-16,18,24H,4-5,9,12-14H2,1-3H3,(H,22,25)(H2,21,23,27)/t16-,18+/m0/s1. The van der Waals surface area contributed by atoms with Crippen LogP contribution in [0.3, 0.4) is 0 Å². The average Bonchev–Trinajstić information content (AvgIpc) is 2.63. The van der Waals surface area contributed by atoms with Crippen molar-refractivity contribution >= 4 is 28.9 Å². The summed E-state index contributed by atoms with van der Waals surface area (Å²) in [5, 5.41) is 13.5. The van der Waals surface area contributed by atoms with Gasteiger partial charge in [0, 0.05) is 18.2 Å². The minimum atomic E-state index is -0.661. The molecule has 0 aliphatic carbocycles. The first-order chi connectivity index (χ1) is 12.9. The SMILES string of the molecule is CCCC[C@@H](C[C@@H](O)COCC(C)C)C(=O)NNC(=S)Nc1ccccc1. The topological polar surface area (TPSA) is 82.6 Å². The molecule has 27 heavy (non-hydrogen) atoms. The van der Waals surface area contributed by atoms with Crippen LogP contribution in [0.1, 0.15) is 46.5 Å². The van der Waals surface area contributed by atoms with Crippen LogP contribution in [0.4, 0.5) is 5.69 Å². The number of carbonyl (C=O) groups excluding carboxylic acids is 1. The van der Waals surface area contributed by atoms with E-state index in [2.05, 4.69) is 36.9 Å². The predicted octanol–water partition coefficient (Wildman–Crippen LogP) is 3.23. The summed E-state index contributed by atoms with van der Waals surface area (Å²) in [5.74, 6) is -0.0584. The van der Waals surface area contributed by atoms with Crippen LogP contribution in [-0.4, -0.2) is 35.4 Å². The van der Waals surface area contributed by atoms with Crippen molar-refractivity contribution in [1.29, 1.82) is 0 Å². The van der Waals surface area contributed by atoms with E-state index >= 15 is 0 Å². The molecule has 2 atom stereocenters. The van der Waals surface area contributed by atoms with Gasteiger partial charge in [-0.2, -0.15) is 0 Å². The fourth-order valence-corrected chi connectivity index (χ4v) is 2.72. The van der Waals surface area contributed by atoms with Crippen LogP contribution in [0.2, 0.25) is 0 Å². The molecule has 1 aromatic carbocycles. The number of aliphatic hydroxyl groups is 1. The van der Waals surface area contributed by atoms with Crippen molar-refractivity contribution < 1.29 is 14.6 Å². The van der Waals surface area contributed by atoms with Crippen molar-refractivity contribution in [3.8, 4) is 0 Å². The van der Waals surface area contributed by atoms with Gasteiger partial charge in [-0.3, -0.25) is 15.6 Å². The van der Waals surface area contributed by atoms with Crippen LogP contribution < -0.4 is 16.2 Å². The number of nitrogens with one attached hydrogen (secondary N) is 3. The van der Waals surface area contributed by atoms with E-state index in [1.165, 1.54) is 0 Å². The molecule has 0 radical (unpaired) electrons. The van der Waals surface area contributed by atoms with Crippen molar-refractivity contribution in [3.63, 3.8) is 0 Å². The van der Waals surface area contributed by atoms with E-state index in [-0.39, 0.29) is 18.4 Å². The lowest BCUT2D eigenvalue weighted by Crippen LogP contribution is -2.47. The molecule has 0 fully saturated rings. The monoisotopic (exact) mass is 395 g/mol. The minimum Gasteiger partial charge on any atom is -0.391 e. The fraction of sp³-hybridized carbons (Fsp3) is 0.600. The maximum absolute atomic E-state index is 12.5. The lowest BCUT2D eigenvalue weighted by molar-refractivity contribution is -0.127. The van der Waals surface area contributed by atoms with Crippen LogP contribution in [0, 0.1) is 11.8 Å². The molecule has 152 valence electrons. The summed E-state index contributed by atoms with van der Waals surface area (Å²) >= 11 is 5.19. The van der Waals surface area contributed by atoms with Crippen molar-refractivity contribution in [1.82, 2.24) is 10.9 Å². The summed E-state index contributed by atoms with van der Waals surface area (Å²) in [4.78, 5) is 12.5. The van der Waals surface area contributed by atoms with Gasteiger partial charge in [-0.05, 0) is 43.1 Å². The largest absolute Gasteiger partial charge is 0.391 e. The summed E-state index contributed by atoms with van der Waals surface area (Å²) in [7, 11) is 0. The number of thiocarbonyl (C=S) groups is 1. The fourth-order valence-electron chi connectivity index (χ4n) is 2.55. The molecule has 0 bridgehead atoms. The van der Waals surface area contributed by atoms with Gasteiger partial charge in [-0.15, -0.1) is 0 Å². The Kier molecular flexibility index (Phi) is 11.6. The highest BCUT2D eigenvalue weighted by Crippen LogP contribution is 2.16. The minimum absolute atomic E-state index is 0.177. The first-order valence-corrected chi connectivity index (χ1v) is 10.0. The molecule has 0 aromatic heterocycles. The maximum atomic E-state index is 12.5. The Balaban J connectivity index is 2.44. The quantitative estimate of drug-likeness (QED) is 0.340.